The molecule has 3 unspecified atom stereocenters. The fourth-order valence-electron chi connectivity index (χ4n) is 1.75. The predicted molar refractivity (Wildman–Crippen MR) is 47.9 cm³/mol. The molecule has 0 aromatic heterocycles. The van der Waals surface area contributed by atoms with E-state index in [4.69, 9.17) is 0 Å². The van der Waals surface area contributed by atoms with Crippen LogP contribution in [0.15, 0.2) is 0 Å². The minimum Gasteiger partial charge on any atom is -0.158 e. The molecular weight excluding hydrogens is 127 g/mol. The Hall–Kier alpha value is 0.415. The highest BCUT2D eigenvalue weighted by Crippen LogP contribution is 2.37. The maximum absolute atomic E-state index is 2.38. The molecule has 0 bridgehead atoms. The Bertz CT molecular complexity index is 84.9. The van der Waals surface area contributed by atoms with E-state index in [2.05, 4.69) is 33.5 Å². The van der Waals surface area contributed by atoms with Gasteiger partial charge in [0.1, 0.15) is 7.85 Å². The summed E-state index contributed by atoms with van der Waals surface area (Å²) in [6.07, 6.45) is 1.37. The zero-order chi connectivity index (χ0) is 6.85. The van der Waals surface area contributed by atoms with Crippen molar-refractivity contribution in [1.29, 1.82) is 0 Å². The summed E-state index contributed by atoms with van der Waals surface area (Å²) in [5, 5.41) is 0.921. The Labute approximate surface area is 63.2 Å². The molecule has 3 atom stereocenters. The highest BCUT2D eigenvalue weighted by atomic mass is 32.2. The van der Waals surface area contributed by atoms with Gasteiger partial charge in [0, 0.05) is 5.25 Å². The quantitative estimate of drug-likeness (QED) is 0.499. The van der Waals surface area contributed by atoms with Crippen molar-refractivity contribution in [3.05, 3.63) is 0 Å². The van der Waals surface area contributed by atoms with E-state index in [0.717, 1.165) is 17.1 Å². The minimum absolute atomic E-state index is 0.921. The second-order valence-electron chi connectivity index (χ2n) is 3.09. The fraction of sp³-hybridized carbons (Fsp3) is 1.00. The van der Waals surface area contributed by atoms with Crippen LogP contribution in [0, 0.1) is 11.8 Å². The molecule has 0 amide bonds. The first-order valence-electron chi connectivity index (χ1n) is 3.87. The second-order valence-corrected chi connectivity index (χ2v) is 4.50. The van der Waals surface area contributed by atoms with Crippen molar-refractivity contribution in [2.75, 3.05) is 5.75 Å². The van der Waals surface area contributed by atoms with Crippen molar-refractivity contribution in [2.45, 2.75) is 25.4 Å². The molecule has 9 heavy (non-hydrogen) atoms. The lowest BCUT2D eigenvalue weighted by Gasteiger charge is -2.15. The van der Waals surface area contributed by atoms with Gasteiger partial charge in [-0.15, -0.1) is 0 Å². The summed E-state index contributed by atoms with van der Waals surface area (Å²) in [5.74, 6) is 3.35. The summed E-state index contributed by atoms with van der Waals surface area (Å²) in [6, 6.07) is 0. The highest BCUT2D eigenvalue weighted by Gasteiger charge is 2.28. The number of hydrogen-bond acceptors (Lipinski definition) is 1. The molecule has 1 saturated heterocycles. The van der Waals surface area contributed by atoms with Crippen molar-refractivity contribution < 1.29 is 0 Å². The SMILES string of the molecule is BCC1C(C)CSC1C. The Balaban J connectivity index is 2.44. The Kier molecular flexibility index (Phi) is 2.51. The van der Waals surface area contributed by atoms with Crippen LogP contribution >= 0.6 is 11.8 Å². The normalized spacial score (nSPS) is 43.6. The molecule has 2 heteroatoms. The van der Waals surface area contributed by atoms with Gasteiger partial charge < -0.3 is 0 Å². The third kappa shape index (κ3) is 1.46. The molecule has 0 nitrogen and oxygen atoms in total. The van der Waals surface area contributed by atoms with Gasteiger partial charge in [0.05, 0.1) is 0 Å². The predicted octanol–water partition coefficient (Wildman–Crippen LogP) is 1.43. The number of rotatable bonds is 1. The van der Waals surface area contributed by atoms with Gasteiger partial charge in [-0.05, 0) is 17.6 Å². The molecule has 52 valence electrons. The van der Waals surface area contributed by atoms with Crippen LogP contribution in [0.2, 0.25) is 6.32 Å². The topological polar surface area (TPSA) is 0 Å². The Morgan fingerprint density at radius 1 is 1.56 bits per heavy atom. The molecule has 0 aromatic carbocycles. The maximum Gasteiger partial charge on any atom is 0.101 e. The Morgan fingerprint density at radius 3 is 2.44 bits per heavy atom. The van der Waals surface area contributed by atoms with E-state index in [0.29, 0.717) is 0 Å². The lowest BCUT2D eigenvalue weighted by molar-refractivity contribution is 0.449. The molecule has 0 aliphatic carbocycles. The molecule has 0 N–H and O–H groups in total. The zero-order valence-electron chi connectivity index (χ0n) is 6.55. The van der Waals surface area contributed by atoms with Gasteiger partial charge in [-0.1, -0.05) is 20.2 Å². The van der Waals surface area contributed by atoms with Crippen molar-refractivity contribution >= 4 is 19.6 Å². The summed E-state index contributed by atoms with van der Waals surface area (Å²) >= 11 is 2.14. The van der Waals surface area contributed by atoms with E-state index in [1.165, 1.54) is 12.1 Å². The molecular formula is C7H15BS. The second kappa shape index (κ2) is 3.00. The first kappa shape index (κ1) is 7.52. The summed E-state index contributed by atoms with van der Waals surface area (Å²) in [7, 11) is 2.31. The van der Waals surface area contributed by atoms with E-state index >= 15 is 0 Å². The molecule has 1 fully saturated rings. The van der Waals surface area contributed by atoms with E-state index in [-0.39, 0.29) is 0 Å². The molecule has 0 radical (unpaired) electrons. The van der Waals surface area contributed by atoms with Gasteiger partial charge in [-0.2, -0.15) is 11.8 Å². The van der Waals surface area contributed by atoms with Crippen LogP contribution in [-0.4, -0.2) is 18.8 Å². The average Bonchev–Trinajstić information content (AvgIpc) is 2.12. The van der Waals surface area contributed by atoms with E-state index in [1.807, 2.05) is 0 Å². The molecule has 1 aliphatic rings. The molecule has 0 aromatic rings. The van der Waals surface area contributed by atoms with Gasteiger partial charge in [0.2, 0.25) is 0 Å². The van der Waals surface area contributed by atoms with Crippen LogP contribution in [0.3, 0.4) is 0 Å². The fourth-order valence-corrected chi connectivity index (χ4v) is 3.31. The summed E-state index contributed by atoms with van der Waals surface area (Å²) in [6.45, 7) is 4.74. The third-order valence-electron chi connectivity index (χ3n) is 2.43. The first-order valence-corrected chi connectivity index (χ1v) is 4.92. The highest BCUT2D eigenvalue weighted by molar-refractivity contribution is 8.00. The lowest BCUT2D eigenvalue weighted by Crippen LogP contribution is -2.13. The third-order valence-corrected chi connectivity index (χ3v) is 4.02. The largest absolute Gasteiger partial charge is 0.158 e. The zero-order valence-corrected chi connectivity index (χ0v) is 7.37. The van der Waals surface area contributed by atoms with Crippen LogP contribution < -0.4 is 0 Å². The van der Waals surface area contributed by atoms with Crippen LogP contribution in [0.25, 0.3) is 0 Å². The standard InChI is InChI=1S/C7H15BS/c1-5-4-9-6(2)7(5)3-8/h5-7H,3-4,8H2,1-2H3. The van der Waals surface area contributed by atoms with E-state index in [9.17, 15) is 0 Å². The van der Waals surface area contributed by atoms with Crippen LogP contribution in [0.5, 0.6) is 0 Å². The van der Waals surface area contributed by atoms with Crippen molar-refractivity contribution in [1.82, 2.24) is 0 Å². The van der Waals surface area contributed by atoms with E-state index in [1.54, 1.807) is 0 Å². The van der Waals surface area contributed by atoms with Gasteiger partial charge >= 0.3 is 0 Å². The summed E-state index contributed by atoms with van der Waals surface area (Å²) in [5.41, 5.74) is 0. The van der Waals surface area contributed by atoms with Crippen molar-refractivity contribution in [3.8, 4) is 0 Å². The molecule has 1 rings (SSSR count). The van der Waals surface area contributed by atoms with E-state index < -0.39 is 0 Å². The van der Waals surface area contributed by atoms with Gasteiger partial charge in [0.25, 0.3) is 0 Å². The monoisotopic (exact) mass is 142 g/mol. The average molecular weight is 142 g/mol. The van der Waals surface area contributed by atoms with Crippen LogP contribution in [0.1, 0.15) is 13.8 Å². The number of hydrogen-bond donors (Lipinski definition) is 0. The van der Waals surface area contributed by atoms with Crippen molar-refractivity contribution in [2.24, 2.45) is 11.8 Å². The van der Waals surface area contributed by atoms with Crippen LogP contribution in [0.4, 0.5) is 0 Å². The van der Waals surface area contributed by atoms with Crippen molar-refractivity contribution in [3.63, 3.8) is 0 Å². The van der Waals surface area contributed by atoms with Gasteiger partial charge in [-0.3, -0.25) is 0 Å². The smallest absolute Gasteiger partial charge is 0.101 e. The van der Waals surface area contributed by atoms with Gasteiger partial charge in [0.15, 0.2) is 0 Å². The summed E-state index contributed by atoms with van der Waals surface area (Å²) < 4.78 is 0. The van der Waals surface area contributed by atoms with Gasteiger partial charge in [-0.25, -0.2) is 0 Å². The molecule has 0 spiro atoms. The van der Waals surface area contributed by atoms with Crippen LogP contribution in [-0.2, 0) is 0 Å². The minimum atomic E-state index is 0.921. The summed E-state index contributed by atoms with van der Waals surface area (Å²) in [4.78, 5) is 0. The Morgan fingerprint density at radius 2 is 2.22 bits per heavy atom. The molecule has 1 aliphatic heterocycles. The lowest BCUT2D eigenvalue weighted by atomic mass is 9.82. The number of thioether (sulfide) groups is 1. The molecule has 0 saturated carbocycles. The first-order chi connectivity index (χ1) is 4.25. The maximum atomic E-state index is 2.38. The molecule has 1 heterocycles.